The maximum absolute atomic E-state index is 13.0. The molecule has 0 radical (unpaired) electrons. The molecule has 0 saturated carbocycles. The van der Waals surface area contributed by atoms with E-state index in [4.69, 9.17) is 4.74 Å². The Kier molecular flexibility index (Phi) is 4.26. The molecule has 0 bridgehead atoms. The van der Waals surface area contributed by atoms with Crippen molar-refractivity contribution in [3.8, 4) is 5.75 Å². The Hall–Kier alpha value is -1.13. The van der Waals surface area contributed by atoms with Crippen LogP contribution >= 0.6 is 0 Å². The number of hydrogen-bond acceptors (Lipinski definition) is 3. The summed E-state index contributed by atoms with van der Waals surface area (Å²) in [5.41, 5.74) is 0.508. The number of benzene rings is 1. The molecule has 0 aliphatic carbocycles. The molecular weight excluding hydrogens is 211 g/mol. The van der Waals surface area contributed by atoms with Gasteiger partial charge in [0.1, 0.15) is 17.7 Å². The first-order chi connectivity index (χ1) is 7.41. The van der Waals surface area contributed by atoms with E-state index in [1.165, 1.54) is 18.2 Å². The monoisotopic (exact) mass is 228 g/mol. The summed E-state index contributed by atoms with van der Waals surface area (Å²) >= 11 is 0. The molecular formula is C12H17FO3. The lowest BCUT2D eigenvalue weighted by atomic mass is 10.1. The Morgan fingerprint density at radius 1 is 1.19 bits per heavy atom. The van der Waals surface area contributed by atoms with Gasteiger partial charge in [-0.1, -0.05) is 0 Å². The van der Waals surface area contributed by atoms with Crippen LogP contribution in [0.1, 0.15) is 32.4 Å². The fourth-order valence-corrected chi connectivity index (χ4v) is 1.25. The van der Waals surface area contributed by atoms with Crippen LogP contribution < -0.4 is 4.74 Å². The van der Waals surface area contributed by atoms with Crippen LogP contribution in [0.2, 0.25) is 0 Å². The first-order valence-electron chi connectivity index (χ1n) is 5.24. The Bertz CT molecular complexity index is 350. The van der Waals surface area contributed by atoms with Crippen molar-refractivity contribution < 1.29 is 19.3 Å². The molecule has 0 aromatic heterocycles. The summed E-state index contributed by atoms with van der Waals surface area (Å²) in [5.74, 6) is -0.166. The van der Waals surface area contributed by atoms with Crippen LogP contribution in [0.3, 0.4) is 0 Å². The molecule has 1 rings (SSSR count). The second-order valence-electron chi connectivity index (χ2n) is 3.92. The predicted octanol–water partition coefficient (Wildman–Crippen LogP) is 2.03. The van der Waals surface area contributed by atoms with E-state index in [1.807, 2.05) is 0 Å². The zero-order chi connectivity index (χ0) is 12.3. The zero-order valence-electron chi connectivity index (χ0n) is 9.64. The van der Waals surface area contributed by atoms with Crippen LogP contribution in [-0.2, 0) is 0 Å². The minimum atomic E-state index is -0.739. The number of aliphatic hydroxyl groups excluding tert-OH is 2. The predicted molar refractivity (Wildman–Crippen MR) is 58.8 cm³/mol. The van der Waals surface area contributed by atoms with Crippen LogP contribution in [0.5, 0.6) is 5.75 Å². The van der Waals surface area contributed by atoms with E-state index in [1.54, 1.807) is 20.8 Å². The lowest BCUT2D eigenvalue weighted by molar-refractivity contribution is 0.0575. The van der Waals surface area contributed by atoms with E-state index >= 15 is 0 Å². The summed E-state index contributed by atoms with van der Waals surface area (Å²) in [5, 5.41) is 18.8. The topological polar surface area (TPSA) is 49.7 Å². The summed E-state index contributed by atoms with van der Waals surface area (Å²) in [6, 6.07) is 3.95. The third kappa shape index (κ3) is 3.18. The summed E-state index contributed by atoms with van der Waals surface area (Å²) in [6.07, 6.45) is -1.86. The van der Waals surface area contributed by atoms with Gasteiger partial charge in [-0.05, 0) is 32.9 Å². The first-order valence-corrected chi connectivity index (χ1v) is 5.24. The van der Waals surface area contributed by atoms with Crippen LogP contribution in [0.15, 0.2) is 18.2 Å². The SMILES string of the molecule is CC(O)c1ccc(F)cc1OC(C)C(C)O. The third-order valence-electron chi connectivity index (χ3n) is 2.42. The highest BCUT2D eigenvalue weighted by molar-refractivity contribution is 5.35. The van der Waals surface area contributed by atoms with Crippen molar-refractivity contribution in [2.45, 2.75) is 39.1 Å². The lowest BCUT2D eigenvalue weighted by Crippen LogP contribution is -2.26. The second-order valence-corrected chi connectivity index (χ2v) is 3.92. The molecule has 0 amide bonds. The highest BCUT2D eigenvalue weighted by Gasteiger charge is 2.15. The minimum absolute atomic E-state index is 0.267. The fourth-order valence-electron chi connectivity index (χ4n) is 1.25. The van der Waals surface area contributed by atoms with Crippen molar-refractivity contribution in [1.82, 2.24) is 0 Å². The standard InChI is InChI=1S/C12H17FO3/c1-7(14)9(3)16-12-6-10(13)4-5-11(12)8(2)15/h4-9,14-15H,1-3H3. The number of hydrogen-bond donors (Lipinski definition) is 2. The number of rotatable bonds is 4. The summed E-state index contributed by atoms with van der Waals surface area (Å²) < 4.78 is 18.4. The molecule has 3 unspecified atom stereocenters. The average Bonchev–Trinajstić information content (AvgIpc) is 2.16. The van der Waals surface area contributed by atoms with Gasteiger partial charge in [0.25, 0.3) is 0 Å². The number of aliphatic hydroxyl groups is 2. The van der Waals surface area contributed by atoms with E-state index in [0.29, 0.717) is 5.56 Å². The van der Waals surface area contributed by atoms with E-state index in [2.05, 4.69) is 0 Å². The molecule has 0 saturated heterocycles. The van der Waals surface area contributed by atoms with Crippen molar-refractivity contribution >= 4 is 0 Å². The Morgan fingerprint density at radius 3 is 2.31 bits per heavy atom. The Morgan fingerprint density at radius 2 is 1.81 bits per heavy atom. The van der Waals surface area contributed by atoms with Gasteiger partial charge in [0, 0.05) is 11.6 Å². The largest absolute Gasteiger partial charge is 0.488 e. The van der Waals surface area contributed by atoms with E-state index in [0.717, 1.165) is 0 Å². The van der Waals surface area contributed by atoms with Crippen LogP contribution in [0.4, 0.5) is 4.39 Å². The van der Waals surface area contributed by atoms with Gasteiger partial charge in [-0.25, -0.2) is 4.39 Å². The zero-order valence-corrected chi connectivity index (χ0v) is 9.64. The second kappa shape index (κ2) is 5.27. The Labute approximate surface area is 94.5 Å². The van der Waals surface area contributed by atoms with E-state index in [-0.39, 0.29) is 5.75 Å². The molecule has 0 aliphatic heterocycles. The molecule has 0 spiro atoms. The van der Waals surface area contributed by atoms with Crippen LogP contribution in [0.25, 0.3) is 0 Å². The van der Waals surface area contributed by atoms with Crippen molar-refractivity contribution in [2.24, 2.45) is 0 Å². The first kappa shape index (κ1) is 12.9. The molecule has 1 aromatic carbocycles. The van der Waals surface area contributed by atoms with Gasteiger partial charge in [0.15, 0.2) is 0 Å². The molecule has 1 aromatic rings. The molecule has 16 heavy (non-hydrogen) atoms. The van der Waals surface area contributed by atoms with E-state index < -0.39 is 24.1 Å². The molecule has 0 heterocycles. The normalized spacial score (nSPS) is 16.6. The molecule has 90 valence electrons. The smallest absolute Gasteiger partial charge is 0.128 e. The van der Waals surface area contributed by atoms with Crippen molar-refractivity contribution in [1.29, 1.82) is 0 Å². The molecule has 4 heteroatoms. The van der Waals surface area contributed by atoms with Gasteiger partial charge in [-0.3, -0.25) is 0 Å². The highest BCUT2D eigenvalue weighted by atomic mass is 19.1. The quantitative estimate of drug-likeness (QED) is 0.829. The van der Waals surface area contributed by atoms with Crippen molar-refractivity contribution in [3.05, 3.63) is 29.6 Å². The maximum Gasteiger partial charge on any atom is 0.128 e. The summed E-state index contributed by atoms with van der Waals surface area (Å²) in [6.45, 7) is 4.85. The van der Waals surface area contributed by atoms with Gasteiger partial charge in [-0.15, -0.1) is 0 Å². The van der Waals surface area contributed by atoms with Crippen molar-refractivity contribution in [3.63, 3.8) is 0 Å². The van der Waals surface area contributed by atoms with Gasteiger partial charge < -0.3 is 14.9 Å². The van der Waals surface area contributed by atoms with Gasteiger partial charge >= 0.3 is 0 Å². The van der Waals surface area contributed by atoms with Crippen LogP contribution in [0, 0.1) is 5.82 Å². The highest BCUT2D eigenvalue weighted by Crippen LogP contribution is 2.27. The maximum atomic E-state index is 13.0. The van der Waals surface area contributed by atoms with Crippen LogP contribution in [-0.4, -0.2) is 22.4 Å². The lowest BCUT2D eigenvalue weighted by Gasteiger charge is -2.20. The Balaban J connectivity index is 2.96. The summed E-state index contributed by atoms with van der Waals surface area (Å²) in [4.78, 5) is 0. The number of ether oxygens (including phenoxy) is 1. The third-order valence-corrected chi connectivity index (χ3v) is 2.42. The minimum Gasteiger partial charge on any atom is -0.488 e. The average molecular weight is 228 g/mol. The van der Waals surface area contributed by atoms with Gasteiger partial charge in [-0.2, -0.15) is 0 Å². The molecule has 0 fully saturated rings. The molecule has 3 nitrogen and oxygen atoms in total. The molecule has 3 atom stereocenters. The fraction of sp³-hybridized carbons (Fsp3) is 0.500. The van der Waals surface area contributed by atoms with E-state index in [9.17, 15) is 14.6 Å². The van der Waals surface area contributed by atoms with Gasteiger partial charge in [0.05, 0.1) is 12.2 Å². The molecule has 0 aliphatic rings. The summed E-state index contributed by atoms with van der Waals surface area (Å²) in [7, 11) is 0. The van der Waals surface area contributed by atoms with Gasteiger partial charge in [0.2, 0.25) is 0 Å². The molecule has 2 N–H and O–H groups in total. The number of halogens is 1. The van der Waals surface area contributed by atoms with Crippen molar-refractivity contribution in [2.75, 3.05) is 0 Å².